The summed E-state index contributed by atoms with van der Waals surface area (Å²) in [5, 5.41) is 13.8. The number of benzene rings is 1. The minimum Gasteiger partial charge on any atom is -0.496 e. The highest BCUT2D eigenvalue weighted by Gasteiger charge is 2.58. The van der Waals surface area contributed by atoms with Crippen LogP contribution >= 0.6 is 0 Å². The lowest BCUT2D eigenvalue weighted by Gasteiger charge is -2.54. The molecule has 1 aromatic carbocycles. The van der Waals surface area contributed by atoms with Gasteiger partial charge in [-0.05, 0) is 62.4 Å². The molecule has 1 aliphatic carbocycles. The summed E-state index contributed by atoms with van der Waals surface area (Å²) in [7, 11) is 1.66. The standard InChI is InChI=1S/C27H32F2N4O3/c1-4-30-24-18(5-6-20(32-24)25(34)35)21-12-26(14-27(28,29)15-26)8-10-33(21)13-19-17-7-9-31-23(17)16(2)11-22(19)36-3/h5-7,9,11,21,31H,4,8,10,12-15H2,1-3H3,(H,30,32)(H,34,35)/t21-/m0/s1. The average molecular weight is 499 g/mol. The van der Waals surface area contributed by atoms with Gasteiger partial charge < -0.3 is 20.1 Å². The zero-order valence-corrected chi connectivity index (χ0v) is 20.8. The third kappa shape index (κ3) is 4.30. The third-order valence-corrected chi connectivity index (χ3v) is 7.81. The summed E-state index contributed by atoms with van der Waals surface area (Å²) in [6, 6.07) is 7.17. The molecule has 0 amide bonds. The number of halogens is 2. The fourth-order valence-corrected chi connectivity index (χ4v) is 6.19. The van der Waals surface area contributed by atoms with Gasteiger partial charge >= 0.3 is 5.97 Å². The summed E-state index contributed by atoms with van der Waals surface area (Å²) in [5.74, 6) is -2.42. The topological polar surface area (TPSA) is 90.5 Å². The van der Waals surface area contributed by atoms with Crippen LogP contribution in [0, 0.1) is 12.3 Å². The Balaban J connectivity index is 1.56. The lowest BCUT2D eigenvalue weighted by Crippen LogP contribution is -2.53. The van der Waals surface area contributed by atoms with E-state index in [0.29, 0.717) is 38.3 Å². The molecule has 1 aliphatic heterocycles. The molecule has 2 fully saturated rings. The van der Waals surface area contributed by atoms with E-state index in [0.717, 1.165) is 33.3 Å². The Labute approximate surface area is 208 Å². The van der Waals surface area contributed by atoms with Gasteiger partial charge in [-0.1, -0.05) is 6.07 Å². The maximum absolute atomic E-state index is 14.0. The molecule has 1 saturated heterocycles. The second-order valence-corrected chi connectivity index (χ2v) is 10.3. The van der Waals surface area contributed by atoms with Crippen molar-refractivity contribution in [2.75, 3.05) is 25.5 Å². The summed E-state index contributed by atoms with van der Waals surface area (Å²) < 4.78 is 33.8. The summed E-state index contributed by atoms with van der Waals surface area (Å²) in [4.78, 5) is 21.6. The normalized spacial score (nSPS) is 20.9. The Hall–Kier alpha value is -3.20. The number of anilines is 1. The molecule has 0 unspecified atom stereocenters. The Kier molecular flexibility index (Phi) is 6.14. The molecule has 1 saturated carbocycles. The average Bonchev–Trinajstić information content (AvgIpc) is 3.31. The largest absolute Gasteiger partial charge is 0.496 e. The van der Waals surface area contributed by atoms with Gasteiger partial charge in [0.2, 0.25) is 5.92 Å². The lowest BCUT2D eigenvalue weighted by molar-refractivity contribution is -0.186. The number of carbonyl (C=O) groups is 1. The molecule has 7 nitrogen and oxygen atoms in total. The number of pyridine rings is 1. The summed E-state index contributed by atoms with van der Waals surface area (Å²) >= 11 is 0. The number of aromatic nitrogens is 2. The highest BCUT2D eigenvalue weighted by Crippen LogP contribution is 2.61. The number of methoxy groups -OCH3 is 1. The van der Waals surface area contributed by atoms with Gasteiger partial charge in [-0.2, -0.15) is 0 Å². The molecule has 3 heterocycles. The van der Waals surface area contributed by atoms with E-state index in [1.165, 1.54) is 6.07 Å². The number of aromatic amines is 1. The van der Waals surface area contributed by atoms with Crippen molar-refractivity contribution in [2.24, 2.45) is 5.41 Å². The van der Waals surface area contributed by atoms with Crippen LogP contribution in [0.5, 0.6) is 5.75 Å². The molecule has 0 bridgehead atoms. The smallest absolute Gasteiger partial charge is 0.354 e. The third-order valence-electron chi connectivity index (χ3n) is 7.81. The fraction of sp³-hybridized carbons (Fsp3) is 0.481. The van der Waals surface area contributed by atoms with Gasteiger partial charge in [-0.25, -0.2) is 18.6 Å². The van der Waals surface area contributed by atoms with Gasteiger partial charge in [0.15, 0.2) is 5.69 Å². The quantitative estimate of drug-likeness (QED) is 0.384. The first-order valence-corrected chi connectivity index (χ1v) is 12.4. The zero-order valence-electron chi connectivity index (χ0n) is 20.8. The number of rotatable bonds is 7. The number of likely N-dealkylation sites (tertiary alicyclic amines) is 1. The molecular weight excluding hydrogens is 466 g/mol. The number of aryl methyl sites for hydroxylation is 1. The SMILES string of the molecule is CCNc1nc(C(=O)O)ccc1[C@@H]1CC2(CCN1Cc1c(OC)cc(C)c3[nH]ccc13)CC(F)(F)C2. The molecule has 5 rings (SSSR count). The maximum Gasteiger partial charge on any atom is 0.354 e. The minimum atomic E-state index is -2.61. The molecule has 192 valence electrons. The van der Waals surface area contributed by atoms with Crippen LogP contribution in [0.4, 0.5) is 14.6 Å². The van der Waals surface area contributed by atoms with E-state index in [2.05, 4.69) is 20.2 Å². The number of nitrogens with one attached hydrogen (secondary N) is 2. The molecule has 1 spiro atoms. The number of piperidine rings is 1. The number of hydrogen-bond acceptors (Lipinski definition) is 5. The number of hydrogen-bond donors (Lipinski definition) is 3. The highest BCUT2D eigenvalue weighted by molar-refractivity contribution is 5.88. The predicted octanol–water partition coefficient (Wildman–Crippen LogP) is 5.76. The molecule has 0 radical (unpaired) electrons. The van der Waals surface area contributed by atoms with E-state index < -0.39 is 17.3 Å². The summed E-state index contributed by atoms with van der Waals surface area (Å²) in [5.41, 5.74) is 3.56. The van der Waals surface area contributed by atoms with Crippen molar-refractivity contribution in [1.82, 2.24) is 14.9 Å². The number of fused-ring (bicyclic) bond motifs is 1. The van der Waals surface area contributed by atoms with Gasteiger partial charge in [0.1, 0.15) is 11.6 Å². The van der Waals surface area contributed by atoms with E-state index in [1.807, 2.05) is 32.2 Å². The molecule has 36 heavy (non-hydrogen) atoms. The van der Waals surface area contributed by atoms with Gasteiger partial charge in [-0.3, -0.25) is 4.90 Å². The number of nitrogens with zero attached hydrogens (tertiary/aromatic N) is 2. The van der Waals surface area contributed by atoms with Crippen LogP contribution < -0.4 is 10.1 Å². The Morgan fingerprint density at radius 3 is 2.78 bits per heavy atom. The second kappa shape index (κ2) is 9.03. The van der Waals surface area contributed by atoms with Crippen LogP contribution in [0.3, 0.4) is 0 Å². The molecule has 1 atom stereocenters. The number of H-pyrrole nitrogens is 1. The second-order valence-electron chi connectivity index (χ2n) is 10.3. The van der Waals surface area contributed by atoms with E-state index in [-0.39, 0.29) is 24.6 Å². The Morgan fingerprint density at radius 1 is 1.33 bits per heavy atom. The van der Waals surface area contributed by atoms with Crippen LogP contribution in [0.2, 0.25) is 0 Å². The van der Waals surface area contributed by atoms with Crippen LogP contribution in [0.1, 0.15) is 65.8 Å². The van der Waals surface area contributed by atoms with E-state index in [4.69, 9.17) is 4.74 Å². The lowest BCUT2D eigenvalue weighted by atomic mass is 9.59. The molecule has 9 heteroatoms. The maximum atomic E-state index is 14.0. The van der Waals surface area contributed by atoms with E-state index in [9.17, 15) is 18.7 Å². The van der Waals surface area contributed by atoms with Crippen LogP contribution in [-0.2, 0) is 6.54 Å². The molecule has 3 N–H and O–H groups in total. The van der Waals surface area contributed by atoms with E-state index >= 15 is 0 Å². The van der Waals surface area contributed by atoms with Crippen molar-refractivity contribution in [3.8, 4) is 5.75 Å². The van der Waals surface area contributed by atoms with Gasteiger partial charge in [-0.15, -0.1) is 0 Å². The molecule has 3 aromatic rings. The van der Waals surface area contributed by atoms with Crippen molar-refractivity contribution in [2.45, 2.75) is 58.0 Å². The summed E-state index contributed by atoms with van der Waals surface area (Å²) in [6.45, 7) is 5.74. The zero-order chi connectivity index (χ0) is 25.7. The number of carboxylic acid groups (broad SMARTS) is 1. The Morgan fingerprint density at radius 2 is 2.11 bits per heavy atom. The van der Waals surface area contributed by atoms with Crippen molar-refractivity contribution < 1.29 is 23.4 Å². The van der Waals surface area contributed by atoms with Crippen molar-refractivity contribution in [1.29, 1.82) is 0 Å². The molecule has 2 aromatic heterocycles. The number of ether oxygens (including phenoxy) is 1. The number of carboxylic acids is 1. The van der Waals surface area contributed by atoms with Gasteiger partial charge in [0.25, 0.3) is 0 Å². The number of aromatic carboxylic acids is 1. The first-order valence-electron chi connectivity index (χ1n) is 12.4. The van der Waals surface area contributed by atoms with Crippen molar-refractivity contribution in [3.05, 3.63) is 52.8 Å². The first kappa shape index (κ1) is 24.5. The molecular formula is C27H32F2N4O3. The van der Waals surface area contributed by atoms with Crippen LogP contribution in [0.15, 0.2) is 30.5 Å². The highest BCUT2D eigenvalue weighted by atomic mass is 19.3. The van der Waals surface area contributed by atoms with Gasteiger partial charge in [0, 0.05) is 60.2 Å². The molecule has 2 aliphatic rings. The predicted molar refractivity (Wildman–Crippen MR) is 134 cm³/mol. The summed E-state index contributed by atoms with van der Waals surface area (Å²) in [6.07, 6.45) is 2.98. The van der Waals surface area contributed by atoms with Crippen LogP contribution in [-0.4, -0.2) is 52.1 Å². The van der Waals surface area contributed by atoms with Gasteiger partial charge in [0.05, 0.1) is 7.11 Å². The van der Waals surface area contributed by atoms with Crippen LogP contribution in [0.25, 0.3) is 10.9 Å². The van der Waals surface area contributed by atoms with Crippen molar-refractivity contribution in [3.63, 3.8) is 0 Å². The monoisotopic (exact) mass is 498 g/mol. The van der Waals surface area contributed by atoms with E-state index in [1.54, 1.807) is 13.2 Å². The van der Waals surface area contributed by atoms with Crippen molar-refractivity contribution >= 4 is 22.7 Å². The number of alkyl halides is 2. The Bertz CT molecular complexity index is 1300. The minimum absolute atomic E-state index is 0.0452. The fourth-order valence-electron chi connectivity index (χ4n) is 6.19. The first-order chi connectivity index (χ1) is 17.1.